The summed E-state index contributed by atoms with van der Waals surface area (Å²) in [5.41, 5.74) is 1.06. The van der Waals surface area contributed by atoms with Crippen LogP contribution in [0.25, 0.3) is 0 Å². The molecule has 0 aliphatic heterocycles. The second-order valence-corrected chi connectivity index (χ2v) is 16.4. The third-order valence-corrected chi connectivity index (χ3v) is 17.0. The van der Waals surface area contributed by atoms with Crippen molar-refractivity contribution in [1.29, 1.82) is 0 Å². The van der Waals surface area contributed by atoms with Gasteiger partial charge < -0.3 is 0 Å². The molecule has 0 nitrogen and oxygen atoms in total. The average Bonchev–Trinajstić information content (AvgIpc) is 2.49. The molecule has 0 N–H and O–H groups in total. The largest absolute Gasteiger partial charge is 0.103 e. The van der Waals surface area contributed by atoms with E-state index in [0.717, 1.165) is 29.6 Å². The minimum atomic E-state index is 0.0489. The molecule has 8 fully saturated rings. The molecule has 0 aromatic carbocycles. The second kappa shape index (κ2) is 4.90. The number of rotatable bonds is 1. The molecule has 5 unspecified atom stereocenters. The van der Waals surface area contributed by atoms with E-state index in [1.165, 1.54) is 44.9 Å². The van der Waals surface area contributed by atoms with Crippen molar-refractivity contribution in [3.8, 4) is 0 Å². The SMILES string of the molecule is BrC1C2CC3CC1(Br)C(Br)(Br)C(C14CC5CC(CC(C5)C1)C4)(C3)C2. The predicted molar refractivity (Wildman–Crippen MR) is 113 cm³/mol. The molecule has 5 atom stereocenters. The van der Waals surface area contributed by atoms with Crippen LogP contribution in [-0.4, -0.2) is 12.4 Å². The third-order valence-electron chi connectivity index (χ3n) is 9.50. The highest BCUT2D eigenvalue weighted by molar-refractivity contribution is 9.26. The van der Waals surface area contributed by atoms with Gasteiger partial charge in [-0.2, -0.15) is 0 Å². The molecule has 0 radical (unpaired) electrons. The van der Waals surface area contributed by atoms with Crippen LogP contribution in [0.3, 0.4) is 0 Å². The van der Waals surface area contributed by atoms with Crippen LogP contribution in [-0.2, 0) is 0 Å². The zero-order valence-corrected chi connectivity index (χ0v) is 20.4. The summed E-state index contributed by atoms with van der Waals surface area (Å²) in [6, 6.07) is 0. The molecule has 4 heteroatoms. The van der Waals surface area contributed by atoms with Crippen LogP contribution in [0.4, 0.5) is 0 Å². The molecule has 0 saturated heterocycles. The first-order valence-corrected chi connectivity index (χ1v) is 13.3. The molecule has 0 amide bonds. The lowest BCUT2D eigenvalue weighted by atomic mass is 9.35. The van der Waals surface area contributed by atoms with Crippen molar-refractivity contribution in [3.05, 3.63) is 0 Å². The van der Waals surface area contributed by atoms with E-state index < -0.39 is 0 Å². The predicted octanol–water partition coefficient (Wildman–Crippen LogP) is 7.41. The van der Waals surface area contributed by atoms with Gasteiger partial charge >= 0.3 is 0 Å². The van der Waals surface area contributed by atoms with Crippen LogP contribution in [0, 0.1) is 40.4 Å². The molecule has 0 aromatic rings. The second-order valence-electron chi connectivity index (χ2n) is 10.6. The Kier molecular flexibility index (Phi) is 3.44. The molecule has 0 heterocycles. The first-order valence-electron chi connectivity index (χ1n) is 9.99. The average molecular weight is 586 g/mol. The normalized spacial score (nSPS) is 65.5. The summed E-state index contributed by atoms with van der Waals surface area (Å²) in [6.07, 6.45) is 15.0. The fourth-order valence-corrected chi connectivity index (χ4v) is 14.4. The number of hydrogen-bond donors (Lipinski definition) is 0. The number of hydrogen-bond acceptors (Lipinski definition) is 0. The summed E-state index contributed by atoms with van der Waals surface area (Å²) in [7, 11) is 0. The van der Waals surface area contributed by atoms with Gasteiger partial charge in [-0.05, 0) is 99.2 Å². The van der Waals surface area contributed by atoms with E-state index in [0.29, 0.717) is 15.7 Å². The molecule has 8 aliphatic rings. The van der Waals surface area contributed by atoms with E-state index in [9.17, 15) is 0 Å². The quantitative estimate of drug-likeness (QED) is 0.281. The summed E-state index contributed by atoms with van der Waals surface area (Å²) in [5.74, 6) is 4.95. The minimum absolute atomic E-state index is 0.0489. The van der Waals surface area contributed by atoms with Crippen LogP contribution in [0.15, 0.2) is 0 Å². The highest BCUT2D eigenvalue weighted by atomic mass is 79.9. The molecule has 8 aliphatic carbocycles. The summed E-state index contributed by atoms with van der Waals surface area (Å²) in [6.45, 7) is 0. The Hall–Kier alpha value is 1.92. The Morgan fingerprint density at radius 2 is 1.21 bits per heavy atom. The first kappa shape index (κ1) is 16.8. The zero-order valence-electron chi connectivity index (χ0n) is 14.0. The van der Waals surface area contributed by atoms with Gasteiger partial charge in [0, 0.05) is 10.2 Å². The molecular weight excluding hydrogens is 560 g/mol. The highest BCUT2D eigenvalue weighted by Crippen LogP contribution is 2.83. The smallest absolute Gasteiger partial charge is 0.0872 e. The Labute approximate surface area is 179 Å². The first-order chi connectivity index (χ1) is 11.3. The molecule has 134 valence electrons. The van der Waals surface area contributed by atoms with E-state index in [2.05, 4.69) is 63.7 Å². The van der Waals surface area contributed by atoms with Gasteiger partial charge in [0.2, 0.25) is 0 Å². The van der Waals surface area contributed by atoms with Gasteiger partial charge in [0.15, 0.2) is 0 Å². The van der Waals surface area contributed by atoms with Crippen LogP contribution in [0.2, 0.25) is 0 Å². The van der Waals surface area contributed by atoms with Gasteiger partial charge in [-0.15, -0.1) is 0 Å². The monoisotopic (exact) mass is 582 g/mol. The molecule has 0 aromatic heterocycles. The summed E-state index contributed by atoms with van der Waals surface area (Å²) >= 11 is 17.2. The lowest BCUT2D eigenvalue weighted by Gasteiger charge is -2.76. The van der Waals surface area contributed by atoms with Crippen molar-refractivity contribution in [2.45, 2.75) is 76.6 Å². The van der Waals surface area contributed by atoms with Crippen molar-refractivity contribution >= 4 is 63.7 Å². The van der Waals surface area contributed by atoms with Crippen LogP contribution < -0.4 is 0 Å². The molecule has 24 heavy (non-hydrogen) atoms. The van der Waals surface area contributed by atoms with Gasteiger partial charge in [-0.3, -0.25) is 0 Å². The molecule has 8 bridgehead atoms. The zero-order chi connectivity index (χ0) is 16.5. The van der Waals surface area contributed by atoms with Crippen LogP contribution in [0.1, 0.15) is 64.2 Å². The number of halogens is 4. The van der Waals surface area contributed by atoms with Gasteiger partial charge in [0.1, 0.15) is 3.23 Å². The molecule has 0 spiro atoms. The molecule has 8 rings (SSSR count). The minimum Gasteiger partial charge on any atom is -0.0872 e. The van der Waals surface area contributed by atoms with E-state index >= 15 is 0 Å². The maximum atomic E-state index is 4.37. The van der Waals surface area contributed by atoms with E-state index in [-0.39, 0.29) is 7.56 Å². The Morgan fingerprint density at radius 1 is 0.625 bits per heavy atom. The van der Waals surface area contributed by atoms with Crippen LogP contribution >= 0.6 is 63.7 Å². The molecular formula is C20H26Br4. The number of alkyl halides is 4. The van der Waals surface area contributed by atoms with Crippen molar-refractivity contribution in [3.63, 3.8) is 0 Å². The Morgan fingerprint density at radius 3 is 1.79 bits per heavy atom. The topological polar surface area (TPSA) is 0 Å². The lowest BCUT2D eigenvalue weighted by molar-refractivity contribution is -0.190. The third kappa shape index (κ3) is 1.74. The fourth-order valence-electron chi connectivity index (χ4n) is 9.32. The van der Waals surface area contributed by atoms with E-state index in [1.807, 2.05) is 0 Å². The van der Waals surface area contributed by atoms with Crippen molar-refractivity contribution < 1.29 is 0 Å². The molecule has 8 saturated carbocycles. The summed E-state index contributed by atoms with van der Waals surface area (Å²) in [5, 5.41) is 0. The maximum absolute atomic E-state index is 4.37. The van der Waals surface area contributed by atoms with E-state index in [4.69, 9.17) is 0 Å². The highest BCUT2D eigenvalue weighted by Gasteiger charge is 2.78. The van der Waals surface area contributed by atoms with Crippen molar-refractivity contribution in [2.24, 2.45) is 40.4 Å². The van der Waals surface area contributed by atoms with Crippen molar-refractivity contribution in [2.75, 3.05) is 0 Å². The van der Waals surface area contributed by atoms with Crippen LogP contribution in [0.5, 0.6) is 0 Å². The van der Waals surface area contributed by atoms with Crippen molar-refractivity contribution in [1.82, 2.24) is 0 Å². The fraction of sp³-hybridized carbons (Fsp3) is 1.00. The standard InChI is InChI=1S/C20H26Br4/c21-16-15-4-14-8-18(10-15,20(23,24)19(16,22)9-14)17-5-11-1-12(6-17)3-13(2-11)7-17/h11-16H,1-10H2. The Balaban J connectivity index is 1.53. The van der Waals surface area contributed by atoms with Gasteiger partial charge in [-0.25, -0.2) is 0 Å². The lowest BCUT2D eigenvalue weighted by Crippen LogP contribution is -2.75. The van der Waals surface area contributed by atoms with Gasteiger partial charge in [0.05, 0.1) is 4.32 Å². The Bertz CT molecular complexity index is 565. The maximum Gasteiger partial charge on any atom is 0.103 e. The summed E-state index contributed by atoms with van der Waals surface area (Å²) < 4.78 is 0.223. The summed E-state index contributed by atoms with van der Waals surface area (Å²) in [4.78, 5) is 0.599. The van der Waals surface area contributed by atoms with Gasteiger partial charge in [0.25, 0.3) is 0 Å². The van der Waals surface area contributed by atoms with Gasteiger partial charge in [-0.1, -0.05) is 63.7 Å². The van der Waals surface area contributed by atoms with E-state index in [1.54, 1.807) is 19.3 Å².